The fraction of sp³-hybridized carbons (Fsp3) is 1.00. The molecule has 19 heavy (non-hydrogen) atoms. The lowest BCUT2D eigenvalue weighted by Crippen LogP contribution is -2.49. The molecule has 1 N–H and O–H groups in total. The Bertz CT molecular complexity index is 373. The Morgan fingerprint density at radius 1 is 1.26 bits per heavy atom. The van der Waals surface area contributed by atoms with Crippen LogP contribution >= 0.6 is 0 Å². The Labute approximate surface area is 115 Å². The van der Waals surface area contributed by atoms with Crippen LogP contribution in [0.2, 0.25) is 0 Å². The van der Waals surface area contributed by atoms with Gasteiger partial charge in [0.2, 0.25) is 0 Å². The van der Waals surface area contributed by atoms with Crippen molar-refractivity contribution in [2.45, 2.75) is 25.7 Å². The second-order valence-corrected chi connectivity index (χ2v) is 7.23. The quantitative estimate of drug-likeness (QED) is 0.767. The van der Waals surface area contributed by atoms with Gasteiger partial charge in [0.1, 0.15) is 0 Å². The second-order valence-electron chi connectivity index (χ2n) is 5.48. The first-order chi connectivity index (χ1) is 9.08. The Morgan fingerprint density at radius 3 is 2.47 bits per heavy atom. The van der Waals surface area contributed by atoms with Gasteiger partial charge in [0.15, 0.2) is 0 Å². The molecule has 1 saturated carbocycles. The number of nitrogens with zero attached hydrogens (tertiary/aromatic N) is 1. The monoisotopic (exact) mass is 292 g/mol. The first kappa shape index (κ1) is 15.2. The molecule has 1 aliphatic carbocycles. The Kier molecular flexibility index (Phi) is 5.19. The third-order valence-electron chi connectivity index (χ3n) is 4.05. The third kappa shape index (κ3) is 3.88. The van der Waals surface area contributed by atoms with Crippen LogP contribution in [0, 0.1) is 5.41 Å². The van der Waals surface area contributed by atoms with Gasteiger partial charge in [-0.2, -0.15) is 12.7 Å². The van der Waals surface area contributed by atoms with Crippen LogP contribution < -0.4 is 4.72 Å². The van der Waals surface area contributed by atoms with E-state index in [1.54, 1.807) is 7.11 Å². The average molecular weight is 292 g/mol. The fourth-order valence-corrected chi connectivity index (χ4v) is 4.23. The van der Waals surface area contributed by atoms with Gasteiger partial charge in [-0.1, -0.05) is 12.8 Å². The summed E-state index contributed by atoms with van der Waals surface area (Å²) in [5.41, 5.74) is -0.0197. The van der Waals surface area contributed by atoms with E-state index in [2.05, 4.69) is 4.72 Å². The van der Waals surface area contributed by atoms with Gasteiger partial charge in [-0.3, -0.25) is 0 Å². The first-order valence-electron chi connectivity index (χ1n) is 6.89. The van der Waals surface area contributed by atoms with Crippen molar-refractivity contribution in [3.05, 3.63) is 0 Å². The van der Waals surface area contributed by atoms with Gasteiger partial charge >= 0.3 is 0 Å². The van der Waals surface area contributed by atoms with Crippen LogP contribution in [0.15, 0.2) is 0 Å². The molecule has 0 aromatic carbocycles. The SMILES string of the molecule is COCC1(CNS(=O)(=O)N2CCOCC2)CCCC1. The summed E-state index contributed by atoms with van der Waals surface area (Å²) in [5, 5.41) is 0. The molecular weight excluding hydrogens is 268 g/mol. The number of rotatable bonds is 6. The van der Waals surface area contributed by atoms with Crippen LogP contribution in [0.3, 0.4) is 0 Å². The van der Waals surface area contributed by atoms with E-state index in [1.807, 2.05) is 0 Å². The molecule has 0 amide bonds. The second kappa shape index (κ2) is 6.49. The van der Waals surface area contributed by atoms with Crippen molar-refractivity contribution < 1.29 is 17.9 Å². The van der Waals surface area contributed by atoms with Gasteiger partial charge in [0.05, 0.1) is 19.8 Å². The van der Waals surface area contributed by atoms with Crippen molar-refractivity contribution in [1.82, 2.24) is 9.03 Å². The molecule has 112 valence electrons. The predicted molar refractivity (Wildman–Crippen MR) is 72.1 cm³/mol. The first-order valence-corrected chi connectivity index (χ1v) is 8.33. The highest BCUT2D eigenvalue weighted by Gasteiger charge is 2.36. The molecule has 0 bridgehead atoms. The van der Waals surface area contributed by atoms with Crippen molar-refractivity contribution in [1.29, 1.82) is 0 Å². The molecule has 0 aromatic rings. The number of hydrogen-bond acceptors (Lipinski definition) is 4. The summed E-state index contributed by atoms with van der Waals surface area (Å²) >= 11 is 0. The van der Waals surface area contributed by atoms with Gasteiger partial charge in [-0.15, -0.1) is 0 Å². The minimum Gasteiger partial charge on any atom is -0.384 e. The summed E-state index contributed by atoms with van der Waals surface area (Å²) in [4.78, 5) is 0. The Balaban J connectivity index is 1.92. The van der Waals surface area contributed by atoms with Gasteiger partial charge in [0, 0.05) is 32.2 Å². The zero-order valence-corrected chi connectivity index (χ0v) is 12.4. The molecule has 6 nitrogen and oxygen atoms in total. The van der Waals surface area contributed by atoms with Gasteiger partial charge in [0.25, 0.3) is 10.2 Å². The third-order valence-corrected chi connectivity index (χ3v) is 5.61. The summed E-state index contributed by atoms with van der Waals surface area (Å²) in [5.74, 6) is 0. The van der Waals surface area contributed by atoms with Crippen LogP contribution in [0.1, 0.15) is 25.7 Å². The van der Waals surface area contributed by atoms with Gasteiger partial charge in [-0.25, -0.2) is 4.72 Å². The lowest BCUT2D eigenvalue weighted by molar-refractivity contribution is 0.0705. The maximum Gasteiger partial charge on any atom is 0.279 e. The summed E-state index contributed by atoms with van der Waals surface area (Å²) < 4.78 is 39.1. The highest BCUT2D eigenvalue weighted by atomic mass is 32.2. The average Bonchev–Trinajstić information content (AvgIpc) is 2.87. The normalized spacial score (nSPS) is 24.7. The van der Waals surface area contributed by atoms with Crippen LogP contribution in [0.25, 0.3) is 0 Å². The van der Waals surface area contributed by atoms with E-state index in [4.69, 9.17) is 9.47 Å². The van der Waals surface area contributed by atoms with Crippen molar-refractivity contribution in [2.75, 3.05) is 46.6 Å². The zero-order chi connectivity index (χ0) is 13.8. The maximum atomic E-state index is 12.2. The molecule has 0 spiro atoms. The standard InChI is InChI=1S/C12H24N2O4S/c1-17-11-12(4-2-3-5-12)10-13-19(15,16)14-6-8-18-9-7-14/h13H,2-11H2,1H3. The molecule has 1 aliphatic heterocycles. The summed E-state index contributed by atoms with van der Waals surface area (Å²) in [7, 11) is -1.70. The number of methoxy groups -OCH3 is 1. The van der Waals surface area contributed by atoms with E-state index in [9.17, 15) is 8.42 Å². The van der Waals surface area contributed by atoms with Gasteiger partial charge in [-0.05, 0) is 12.8 Å². The van der Waals surface area contributed by atoms with Crippen molar-refractivity contribution in [2.24, 2.45) is 5.41 Å². The number of hydrogen-bond donors (Lipinski definition) is 1. The molecule has 0 aromatic heterocycles. The molecule has 0 radical (unpaired) electrons. The smallest absolute Gasteiger partial charge is 0.279 e. The molecule has 0 unspecified atom stereocenters. The molecule has 2 fully saturated rings. The van der Waals surface area contributed by atoms with Gasteiger partial charge < -0.3 is 9.47 Å². The Hall–Kier alpha value is -0.210. The van der Waals surface area contributed by atoms with E-state index in [-0.39, 0.29) is 5.41 Å². The molecule has 0 atom stereocenters. The molecule has 7 heteroatoms. The zero-order valence-electron chi connectivity index (χ0n) is 11.6. The largest absolute Gasteiger partial charge is 0.384 e. The minimum atomic E-state index is -3.38. The van der Waals surface area contributed by atoms with E-state index >= 15 is 0 Å². The number of nitrogens with one attached hydrogen (secondary N) is 1. The fourth-order valence-electron chi connectivity index (χ4n) is 2.93. The predicted octanol–water partition coefficient (Wildman–Crippen LogP) is 0.360. The summed E-state index contributed by atoms with van der Waals surface area (Å²) in [6, 6.07) is 0. The highest BCUT2D eigenvalue weighted by molar-refractivity contribution is 7.87. The summed E-state index contributed by atoms with van der Waals surface area (Å²) in [6.07, 6.45) is 4.38. The lowest BCUT2D eigenvalue weighted by atomic mass is 9.87. The van der Waals surface area contributed by atoms with Crippen LogP contribution in [0.4, 0.5) is 0 Å². The summed E-state index contributed by atoms with van der Waals surface area (Å²) in [6.45, 7) is 2.92. The van der Waals surface area contributed by atoms with Crippen LogP contribution in [0.5, 0.6) is 0 Å². The van der Waals surface area contributed by atoms with Crippen molar-refractivity contribution >= 4 is 10.2 Å². The Morgan fingerprint density at radius 2 is 1.89 bits per heavy atom. The highest BCUT2D eigenvalue weighted by Crippen LogP contribution is 2.37. The maximum absolute atomic E-state index is 12.2. The van der Waals surface area contributed by atoms with Crippen LogP contribution in [-0.4, -0.2) is 59.3 Å². The molecule has 1 saturated heterocycles. The molecular formula is C12H24N2O4S. The molecule has 2 aliphatic rings. The van der Waals surface area contributed by atoms with E-state index in [0.717, 1.165) is 25.7 Å². The number of morpholine rings is 1. The minimum absolute atomic E-state index is 0.0197. The molecule has 2 rings (SSSR count). The van der Waals surface area contributed by atoms with E-state index in [1.165, 1.54) is 4.31 Å². The van der Waals surface area contributed by atoms with E-state index in [0.29, 0.717) is 39.5 Å². The van der Waals surface area contributed by atoms with E-state index < -0.39 is 10.2 Å². The van der Waals surface area contributed by atoms with Crippen molar-refractivity contribution in [3.63, 3.8) is 0 Å². The lowest BCUT2D eigenvalue weighted by Gasteiger charge is -2.31. The topological polar surface area (TPSA) is 67.9 Å². The molecule has 1 heterocycles. The number of ether oxygens (including phenoxy) is 2. The van der Waals surface area contributed by atoms with Crippen molar-refractivity contribution in [3.8, 4) is 0 Å². The van der Waals surface area contributed by atoms with Crippen LogP contribution in [-0.2, 0) is 19.7 Å².